The number of rotatable bonds is 9. The molecule has 1 saturated heterocycles. The molecule has 1 aliphatic heterocycles. The van der Waals surface area contributed by atoms with Crippen LogP contribution in [0.5, 0.6) is 0 Å². The highest BCUT2D eigenvalue weighted by Crippen LogP contribution is 2.36. The van der Waals surface area contributed by atoms with Crippen LogP contribution in [0, 0.1) is 0 Å². The van der Waals surface area contributed by atoms with Gasteiger partial charge >= 0.3 is 6.09 Å². The molecule has 0 N–H and O–H groups in total. The molecule has 0 bridgehead atoms. The van der Waals surface area contributed by atoms with Gasteiger partial charge in [0.25, 0.3) is 5.91 Å². The van der Waals surface area contributed by atoms with Gasteiger partial charge in [-0.25, -0.2) is 4.79 Å². The number of benzene rings is 1. The van der Waals surface area contributed by atoms with Crippen molar-refractivity contribution in [1.82, 2.24) is 19.4 Å². The molecule has 1 atom stereocenters. The zero-order valence-electron chi connectivity index (χ0n) is 24.0. The molecule has 9 heteroatoms. The summed E-state index contributed by atoms with van der Waals surface area (Å²) in [6.07, 6.45) is 7.54. The Hall–Kier alpha value is -3.43. The van der Waals surface area contributed by atoms with Gasteiger partial charge in [0, 0.05) is 74.4 Å². The average molecular weight is 549 g/mol. The molecule has 1 aromatic carbocycles. The number of aromatic nitrogens is 2. The Balaban J connectivity index is 1.44. The molecule has 0 spiro atoms. The molecule has 0 unspecified atom stereocenters. The Labute approximate surface area is 236 Å². The second-order valence-electron chi connectivity index (χ2n) is 11.6. The second kappa shape index (κ2) is 12.0. The fourth-order valence-corrected chi connectivity index (χ4v) is 5.32. The molecule has 2 fully saturated rings. The lowest BCUT2D eigenvalue weighted by molar-refractivity contribution is -0.150. The number of aryl methyl sites for hydroxylation is 1. The molecule has 2 aromatic heterocycles. The zero-order valence-corrected chi connectivity index (χ0v) is 24.0. The van der Waals surface area contributed by atoms with Gasteiger partial charge < -0.3 is 28.6 Å². The minimum Gasteiger partial charge on any atom is -0.444 e. The maximum atomic E-state index is 13.9. The van der Waals surface area contributed by atoms with Crippen LogP contribution in [0.4, 0.5) is 4.79 Å². The molecular formula is C31H40N4O5. The average Bonchev–Trinajstić information content (AvgIpc) is 3.73. The Morgan fingerprint density at radius 3 is 2.70 bits per heavy atom. The SMILES string of the molecule is COCCCn1cc(CN(C(=O)[C@H]2CN(C(=O)OC(C)(C)C)CCO2)C2CC2)c2c(-c3cccnc3)cccc21. The third-order valence-electron chi connectivity index (χ3n) is 7.31. The number of hydrogen-bond acceptors (Lipinski definition) is 6. The van der Waals surface area contributed by atoms with Crippen molar-refractivity contribution < 1.29 is 23.8 Å². The number of carbonyl (C=O) groups is 2. The van der Waals surface area contributed by atoms with Gasteiger partial charge in [0.1, 0.15) is 5.60 Å². The highest BCUT2D eigenvalue weighted by molar-refractivity contribution is 5.98. The van der Waals surface area contributed by atoms with E-state index in [2.05, 4.69) is 40.0 Å². The smallest absolute Gasteiger partial charge is 0.410 e. The van der Waals surface area contributed by atoms with Crippen LogP contribution in [0.15, 0.2) is 48.9 Å². The first kappa shape index (κ1) is 28.1. The van der Waals surface area contributed by atoms with Crippen molar-refractivity contribution in [2.75, 3.05) is 33.4 Å². The van der Waals surface area contributed by atoms with Gasteiger partial charge in [-0.15, -0.1) is 0 Å². The van der Waals surface area contributed by atoms with Crippen molar-refractivity contribution >= 4 is 22.9 Å². The number of methoxy groups -OCH3 is 1. The Morgan fingerprint density at radius 2 is 2.00 bits per heavy atom. The second-order valence-corrected chi connectivity index (χ2v) is 11.6. The van der Waals surface area contributed by atoms with Gasteiger partial charge in [-0.05, 0) is 63.3 Å². The van der Waals surface area contributed by atoms with Crippen molar-refractivity contribution in [3.63, 3.8) is 0 Å². The summed E-state index contributed by atoms with van der Waals surface area (Å²) < 4.78 is 19.1. The van der Waals surface area contributed by atoms with Gasteiger partial charge in [0.15, 0.2) is 6.10 Å². The van der Waals surface area contributed by atoms with E-state index >= 15 is 0 Å². The third kappa shape index (κ3) is 6.47. The summed E-state index contributed by atoms with van der Waals surface area (Å²) in [4.78, 5) is 34.6. The number of fused-ring (bicyclic) bond motifs is 1. The number of hydrogen-bond donors (Lipinski definition) is 0. The van der Waals surface area contributed by atoms with Crippen LogP contribution >= 0.6 is 0 Å². The molecule has 1 aliphatic carbocycles. The Bertz CT molecular complexity index is 1330. The molecule has 3 aromatic rings. The molecule has 2 aliphatic rings. The molecule has 2 amide bonds. The first-order valence-electron chi connectivity index (χ1n) is 14.2. The summed E-state index contributed by atoms with van der Waals surface area (Å²) in [5.74, 6) is -0.0742. The van der Waals surface area contributed by atoms with Crippen LogP contribution in [0.2, 0.25) is 0 Å². The van der Waals surface area contributed by atoms with Gasteiger partial charge in [0.05, 0.1) is 13.2 Å². The van der Waals surface area contributed by atoms with Crippen molar-refractivity contribution in [3.05, 3.63) is 54.5 Å². The number of carbonyl (C=O) groups excluding carboxylic acids is 2. The summed E-state index contributed by atoms with van der Waals surface area (Å²) in [5, 5.41) is 1.13. The molecule has 3 heterocycles. The fourth-order valence-electron chi connectivity index (χ4n) is 5.32. The van der Waals surface area contributed by atoms with Gasteiger partial charge in [-0.2, -0.15) is 0 Å². The lowest BCUT2D eigenvalue weighted by Crippen LogP contribution is -2.53. The van der Waals surface area contributed by atoms with E-state index in [0.29, 0.717) is 26.3 Å². The quantitative estimate of drug-likeness (QED) is 0.355. The van der Waals surface area contributed by atoms with E-state index in [1.54, 1.807) is 18.2 Å². The van der Waals surface area contributed by atoms with Crippen molar-refractivity contribution in [1.29, 1.82) is 0 Å². The topological polar surface area (TPSA) is 86.1 Å². The standard InChI is InChI=1S/C31H40N4O5/c1-31(2,3)40-30(37)34-15-17-39-27(21-34)29(36)35(24-11-12-24)20-23-19-33(14-7-16-38-4)26-10-5-9-25(28(23)26)22-8-6-13-32-18-22/h5-6,8-10,13,18-19,24,27H,7,11-12,14-17,20-21H2,1-4H3/t27-/m1/s1. The summed E-state index contributed by atoms with van der Waals surface area (Å²) in [6.45, 7) is 8.39. The van der Waals surface area contributed by atoms with E-state index in [0.717, 1.165) is 53.4 Å². The van der Waals surface area contributed by atoms with Crippen LogP contribution < -0.4 is 0 Å². The number of morpholine rings is 1. The third-order valence-corrected chi connectivity index (χ3v) is 7.31. The number of ether oxygens (including phenoxy) is 3. The lowest BCUT2D eigenvalue weighted by Gasteiger charge is -2.36. The van der Waals surface area contributed by atoms with Crippen LogP contribution in [-0.4, -0.2) is 82.5 Å². The minimum atomic E-state index is -0.713. The van der Waals surface area contributed by atoms with Crippen LogP contribution in [0.3, 0.4) is 0 Å². The van der Waals surface area contributed by atoms with Crippen LogP contribution in [0.1, 0.15) is 45.6 Å². The number of amides is 2. The van der Waals surface area contributed by atoms with Crippen molar-refractivity contribution in [2.24, 2.45) is 0 Å². The summed E-state index contributed by atoms with van der Waals surface area (Å²) in [5.41, 5.74) is 3.75. The molecule has 1 saturated carbocycles. The normalized spacial score (nSPS) is 17.7. The highest BCUT2D eigenvalue weighted by atomic mass is 16.6. The first-order valence-corrected chi connectivity index (χ1v) is 14.2. The summed E-state index contributed by atoms with van der Waals surface area (Å²) >= 11 is 0. The van der Waals surface area contributed by atoms with Gasteiger partial charge in [0.2, 0.25) is 0 Å². The predicted octanol–water partition coefficient (Wildman–Crippen LogP) is 4.87. The van der Waals surface area contributed by atoms with Gasteiger partial charge in [-0.3, -0.25) is 9.78 Å². The largest absolute Gasteiger partial charge is 0.444 e. The maximum Gasteiger partial charge on any atom is 0.410 e. The fraction of sp³-hybridized carbons (Fsp3) is 0.516. The van der Waals surface area contributed by atoms with Crippen molar-refractivity contribution in [3.8, 4) is 11.1 Å². The van der Waals surface area contributed by atoms with E-state index in [9.17, 15) is 9.59 Å². The summed E-state index contributed by atoms with van der Waals surface area (Å²) in [6, 6.07) is 10.5. The molecule has 40 heavy (non-hydrogen) atoms. The Kier molecular flexibility index (Phi) is 8.42. The van der Waals surface area contributed by atoms with Crippen LogP contribution in [-0.2, 0) is 32.1 Å². The van der Waals surface area contributed by atoms with E-state index in [1.807, 2.05) is 37.9 Å². The highest BCUT2D eigenvalue weighted by Gasteiger charge is 2.40. The van der Waals surface area contributed by atoms with E-state index < -0.39 is 17.8 Å². The first-order chi connectivity index (χ1) is 19.2. The van der Waals surface area contributed by atoms with Gasteiger partial charge in [-0.1, -0.05) is 18.2 Å². The Morgan fingerprint density at radius 1 is 1.18 bits per heavy atom. The van der Waals surface area contributed by atoms with E-state index in [4.69, 9.17) is 14.2 Å². The molecule has 0 radical (unpaired) electrons. The maximum absolute atomic E-state index is 13.9. The van der Waals surface area contributed by atoms with Crippen molar-refractivity contribution in [2.45, 2.75) is 70.9 Å². The number of nitrogens with zero attached hydrogens (tertiary/aromatic N) is 4. The van der Waals surface area contributed by atoms with E-state index in [1.165, 1.54) is 0 Å². The minimum absolute atomic E-state index is 0.0742. The number of pyridine rings is 1. The lowest BCUT2D eigenvalue weighted by atomic mass is 10.00. The summed E-state index contributed by atoms with van der Waals surface area (Å²) in [7, 11) is 1.72. The molecule has 9 nitrogen and oxygen atoms in total. The molecule has 214 valence electrons. The molecular weight excluding hydrogens is 508 g/mol. The van der Waals surface area contributed by atoms with Crippen LogP contribution in [0.25, 0.3) is 22.0 Å². The zero-order chi connectivity index (χ0) is 28.3. The monoisotopic (exact) mass is 548 g/mol. The van der Waals surface area contributed by atoms with E-state index in [-0.39, 0.29) is 18.5 Å². The predicted molar refractivity (Wildman–Crippen MR) is 153 cm³/mol. The molecule has 5 rings (SSSR count).